The van der Waals surface area contributed by atoms with E-state index in [0.717, 1.165) is 4.31 Å². The first-order valence-corrected chi connectivity index (χ1v) is 10.9. The number of nitrogens with one attached hydrogen (secondary N) is 2. The molecule has 1 aliphatic heterocycles. The van der Waals surface area contributed by atoms with E-state index >= 15 is 0 Å². The van der Waals surface area contributed by atoms with Crippen LogP contribution in [0.15, 0.2) is 41.3 Å². The number of ether oxygens (including phenoxy) is 1. The van der Waals surface area contributed by atoms with Gasteiger partial charge in [-0.1, -0.05) is 0 Å². The minimum atomic E-state index is -4.00. The molecule has 0 aliphatic carbocycles. The molecule has 2 N–H and O–H groups in total. The van der Waals surface area contributed by atoms with Crippen molar-refractivity contribution in [3.05, 3.63) is 47.5 Å². The molecule has 2 amide bonds. The van der Waals surface area contributed by atoms with E-state index in [9.17, 15) is 22.8 Å². The van der Waals surface area contributed by atoms with Gasteiger partial charge in [0.05, 0.1) is 17.1 Å². The predicted molar refractivity (Wildman–Crippen MR) is 115 cm³/mol. The Hall–Kier alpha value is -3.24. The van der Waals surface area contributed by atoms with Crippen molar-refractivity contribution in [1.29, 1.82) is 0 Å². The average Bonchev–Trinajstić information content (AvgIpc) is 2.69. The molecule has 0 bridgehead atoms. The summed E-state index contributed by atoms with van der Waals surface area (Å²) in [6.07, 6.45) is -0.747. The number of carbonyl (C=O) groups is 3. The van der Waals surface area contributed by atoms with Gasteiger partial charge in [0.25, 0.3) is 5.91 Å². The maximum absolute atomic E-state index is 13.1. The number of anilines is 2. The Morgan fingerprint density at radius 3 is 2.45 bits per heavy atom. The third-order valence-corrected chi connectivity index (χ3v) is 6.78. The summed E-state index contributed by atoms with van der Waals surface area (Å²) < 4.78 is 32.6. The third-order valence-electron chi connectivity index (χ3n) is 4.84. The number of likely N-dealkylation sites (N-methyl/N-ethyl adjacent to an activating group) is 1. The van der Waals surface area contributed by atoms with E-state index < -0.39 is 28.6 Å². The van der Waals surface area contributed by atoms with Gasteiger partial charge in [-0.2, -0.15) is 4.31 Å². The van der Waals surface area contributed by atoms with Crippen molar-refractivity contribution >= 4 is 39.0 Å². The first kappa shape index (κ1) is 22.4. The Bertz CT molecular complexity index is 1160. The van der Waals surface area contributed by atoms with Crippen LogP contribution in [-0.2, 0) is 19.6 Å². The molecule has 1 atom stereocenters. The van der Waals surface area contributed by atoms with Crippen molar-refractivity contribution in [2.24, 2.45) is 0 Å². The van der Waals surface area contributed by atoms with Crippen molar-refractivity contribution in [3.63, 3.8) is 0 Å². The molecule has 164 valence electrons. The molecule has 1 heterocycles. The van der Waals surface area contributed by atoms with Crippen molar-refractivity contribution in [3.8, 4) is 5.75 Å². The van der Waals surface area contributed by atoms with Gasteiger partial charge < -0.3 is 15.4 Å². The van der Waals surface area contributed by atoms with Crippen molar-refractivity contribution in [1.82, 2.24) is 4.31 Å². The molecule has 3 rings (SSSR count). The van der Waals surface area contributed by atoms with Gasteiger partial charge in [-0.3, -0.25) is 14.4 Å². The summed E-state index contributed by atoms with van der Waals surface area (Å²) in [6, 6.07) is 9.18. The normalized spacial score (nSPS) is 15.6. The largest absolute Gasteiger partial charge is 0.479 e. The lowest BCUT2D eigenvalue weighted by atomic mass is 10.1. The number of nitrogens with zero attached hydrogens (tertiary/aromatic N) is 1. The number of amides is 2. The highest BCUT2D eigenvalue weighted by Crippen LogP contribution is 2.35. The fourth-order valence-corrected chi connectivity index (χ4v) is 4.41. The van der Waals surface area contributed by atoms with E-state index in [-0.39, 0.29) is 22.3 Å². The molecule has 1 aliphatic rings. The number of rotatable bonds is 6. The van der Waals surface area contributed by atoms with Gasteiger partial charge in [0, 0.05) is 24.4 Å². The maximum atomic E-state index is 13.1. The Balaban J connectivity index is 1.76. The second-order valence-electron chi connectivity index (χ2n) is 7.31. The van der Waals surface area contributed by atoms with Gasteiger partial charge in [-0.25, -0.2) is 8.42 Å². The lowest BCUT2D eigenvalue weighted by molar-refractivity contribution is -0.122. The number of sulfonamides is 1. The summed E-state index contributed by atoms with van der Waals surface area (Å²) in [5.41, 5.74) is 1.76. The minimum absolute atomic E-state index is 0.0179. The zero-order valence-corrected chi connectivity index (χ0v) is 18.4. The Morgan fingerprint density at radius 1 is 1.19 bits per heavy atom. The van der Waals surface area contributed by atoms with Crippen LogP contribution < -0.4 is 15.4 Å². The van der Waals surface area contributed by atoms with Gasteiger partial charge >= 0.3 is 0 Å². The van der Waals surface area contributed by atoms with E-state index in [0.29, 0.717) is 22.5 Å². The monoisotopic (exact) mass is 445 g/mol. The summed E-state index contributed by atoms with van der Waals surface area (Å²) in [6.45, 7) is 4.19. The molecule has 0 spiro atoms. The highest BCUT2D eigenvalue weighted by Gasteiger charge is 2.30. The molecule has 0 fully saturated rings. The van der Waals surface area contributed by atoms with E-state index in [1.165, 1.54) is 26.1 Å². The van der Waals surface area contributed by atoms with Crippen LogP contribution in [0.4, 0.5) is 11.4 Å². The Kier molecular flexibility index (Phi) is 6.14. The van der Waals surface area contributed by atoms with Crippen LogP contribution in [-0.4, -0.2) is 50.0 Å². The second kappa shape index (κ2) is 8.48. The standard InChI is InChI=1S/C21H23N3O6S/c1-12-9-17-18(30-14(3)21(27)23-17)10-19(12)31(28,29)24(4)11-20(26)22-16-7-5-15(6-8-16)13(2)25/h5-10,14H,11H2,1-4H3,(H,22,26)(H,23,27). The van der Waals surface area contributed by atoms with Crippen LogP contribution in [0.1, 0.15) is 29.8 Å². The number of ketones is 1. The fourth-order valence-electron chi connectivity index (χ4n) is 3.06. The van der Waals surface area contributed by atoms with Crippen LogP contribution in [0, 0.1) is 6.92 Å². The van der Waals surface area contributed by atoms with Gasteiger partial charge in [0.2, 0.25) is 15.9 Å². The van der Waals surface area contributed by atoms with E-state index in [2.05, 4.69) is 10.6 Å². The smallest absolute Gasteiger partial charge is 0.265 e. The van der Waals surface area contributed by atoms with Crippen LogP contribution in [0.3, 0.4) is 0 Å². The molecule has 9 nitrogen and oxygen atoms in total. The summed E-state index contributed by atoms with van der Waals surface area (Å²) in [5.74, 6) is -0.691. The van der Waals surface area contributed by atoms with Gasteiger partial charge in [-0.05, 0) is 56.7 Å². The molecule has 31 heavy (non-hydrogen) atoms. The lowest BCUT2D eigenvalue weighted by Gasteiger charge is -2.25. The van der Waals surface area contributed by atoms with Crippen molar-refractivity contribution in [2.45, 2.75) is 31.8 Å². The molecule has 10 heteroatoms. The molecule has 0 saturated carbocycles. The summed E-state index contributed by atoms with van der Waals surface area (Å²) >= 11 is 0. The number of hydrogen-bond donors (Lipinski definition) is 2. The first-order chi connectivity index (χ1) is 14.5. The maximum Gasteiger partial charge on any atom is 0.265 e. The molecular formula is C21H23N3O6S. The van der Waals surface area contributed by atoms with Crippen molar-refractivity contribution in [2.75, 3.05) is 24.2 Å². The first-order valence-electron chi connectivity index (χ1n) is 9.48. The number of carbonyl (C=O) groups excluding carboxylic acids is 3. The van der Waals surface area contributed by atoms with Gasteiger partial charge in [-0.15, -0.1) is 0 Å². The molecule has 0 radical (unpaired) electrons. The number of aryl methyl sites for hydroxylation is 1. The molecular weight excluding hydrogens is 422 g/mol. The minimum Gasteiger partial charge on any atom is -0.479 e. The molecule has 2 aromatic carbocycles. The SMILES string of the molecule is CC(=O)c1ccc(NC(=O)CN(C)S(=O)(=O)c2cc3c(cc2C)NC(=O)C(C)O3)cc1. The number of benzene rings is 2. The van der Waals surface area contributed by atoms with Crippen LogP contribution in [0.2, 0.25) is 0 Å². The number of hydrogen-bond acceptors (Lipinski definition) is 6. The van der Waals surface area contributed by atoms with E-state index in [1.807, 2.05) is 0 Å². The molecule has 1 unspecified atom stereocenters. The predicted octanol–water partition coefficient (Wildman–Crippen LogP) is 2.18. The Labute approximate surface area is 180 Å². The van der Waals surface area contributed by atoms with Crippen LogP contribution in [0.5, 0.6) is 5.75 Å². The lowest BCUT2D eigenvalue weighted by Crippen LogP contribution is -2.36. The molecule has 0 saturated heterocycles. The highest BCUT2D eigenvalue weighted by molar-refractivity contribution is 7.89. The van der Waals surface area contributed by atoms with Crippen molar-refractivity contribution < 1.29 is 27.5 Å². The van der Waals surface area contributed by atoms with Gasteiger partial charge in [0.1, 0.15) is 5.75 Å². The molecule has 0 aromatic heterocycles. The van der Waals surface area contributed by atoms with E-state index in [1.54, 1.807) is 38.1 Å². The summed E-state index contributed by atoms with van der Waals surface area (Å²) in [5, 5.41) is 5.28. The molecule has 2 aromatic rings. The number of fused-ring (bicyclic) bond motifs is 1. The Morgan fingerprint density at radius 2 is 1.84 bits per heavy atom. The zero-order chi connectivity index (χ0) is 22.9. The van der Waals surface area contributed by atoms with Crippen LogP contribution >= 0.6 is 0 Å². The zero-order valence-electron chi connectivity index (χ0n) is 17.6. The summed E-state index contributed by atoms with van der Waals surface area (Å²) in [4.78, 5) is 35.4. The van der Waals surface area contributed by atoms with Gasteiger partial charge in [0.15, 0.2) is 11.9 Å². The van der Waals surface area contributed by atoms with Crippen LogP contribution in [0.25, 0.3) is 0 Å². The average molecular weight is 445 g/mol. The van der Waals surface area contributed by atoms with E-state index in [4.69, 9.17) is 4.74 Å². The third kappa shape index (κ3) is 4.75. The summed E-state index contributed by atoms with van der Waals surface area (Å²) in [7, 11) is -2.70. The quantitative estimate of drug-likeness (QED) is 0.657. The highest BCUT2D eigenvalue weighted by atomic mass is 32.2. The second-order valence-corrected chi connectivity index (χ2v) is 9.32. The number of Topliss-reactive ketones (excluding diaryl/α,β-unsaturated/α-hetero) is 1. The topological polar surface area (TPSA) is 122 Å². The fraction of sp³-hybridized carbons (Fsp3) is 0.286.